The Balaban J connectivity index is 1.95. The molecule has 0 spiro atoms. The van der Waals surface area contributed by atoms with E-state index in [4.69, 9.17) is 4.74 Å². The molecule has 4 heteroatoms. The van der Waals surface area contributed by atoms with Crippen molar-refractivity contribution < 1.29 is 9.53 Å². The molecule has 1 saturated carbocycles. The molecule has 1 aliphatic rings. The number of benzene rings is 1. The maximum absolute atomic E-state index is 11.8. The Morgan fingerprint density at radius 2 is 1.86 bits per heavy atom. The van der Waals surface area contributed by atoms with E-state index in [1.807, 2.05) is 51.1 Å². The third-order valence-electron chi connectivity index (χ3n) is 4.10. The molecule has 0 radical (unpaired) electrons. The first-order valence-corrected chi connectivity index (χ1v) is 7.81. The number of nitrogens with one attached hydrogen (secondary N) is 1. The number of hydrogen-bond acceptors (Lipinski definition) is 3. The van der Waals surface area contributed by atoms with E-state index in [-0.39, 0.29) is 12.1 Å². The SMILES string of the molecule is CC(C)(C)OC(=O)NC1CCC(C#N)(c2ccccc2)CC1. The van der Waals surface area contributed by atoms with Crippen LogP contribution in [0.4, 0.5) is 4.79 Å². The van der Waals surface area contributed by atoms with Gasteiger partial charge in [-0.15, -0.1) is 0 Å². The number of amides is 1. The molecule has 0 aromatic heterocycles. The van der Waals surface area contributed by atoms with Crippen LogP contribution in [0.3, 0.4) is 0 Å². The lowest BCUT2D eigenvalue weighted by Crippen LogP contribution is -2.43. The van der Waals surface area contributed by atoms with Crippen LogP contribution in [0.5, 0.6) is 0 Å². The lowest BCUT2D eigenvalue weighted by Gasteiger charge is -2.35. The van der Waals surface area contributed by atoms with Gasteiger partial charge in [-0.05, 0) is 52.0 Å². The number of nitriles is 1. The van der Waals surface area contributed by atoms with Gasteiger partial charge in [0.05, 0.1) is 11.5 Å². The minimum absolute atomic E-state index is 0.0834. The number of ether oxygens (including phenoxy) is 1. The molecule has 1 fully saturated rings. The second kappa shape index (κ2) is 6.39. The molecule has 1 N–H and O–H groups in total. The topological polar surface area (TPSA) is 62.1 Å². The summed E-state index contributed by atoms with van der Waals surface area (Å²) in [5, 5.41) is 12.6. The van der Waals surface area contributed by atoms with Crippen molar-refractivity contribution in [3.63, 3.8) is 0 Å². The summed E-state index contributed by atoms with van der Waals surface area (Å²) in [6, 6.07) is 12.5. The van der Waals surface area contributed by atoms with E-state index < -0.39 is 11.0 Å². The van der Waals surface area contributed by atoms with Gasteiger partial charge in [-0.1, -0.05) is 30.3 Å². The molecule has 1 aromatic rings. The fourth-order valence-electron chi connectivity index (χ4n) is 2.95. The first-order valence-electron chi connectivity index (χ1n) is 7.81. The van der Waals surface area contributed by atoms with Gasteiger partial charge < -0.3 is 10.1 Å². The van der Waals surface area contributed by atoms with Crippen LogP contribution in [0.2, 0.25) is 0 Å². The van der Waals surface area contributed by atoms with Crippen molar-refractivity contribution in [3.8, 4) is 6.07 Å². The van der Waals surface area contributed by atoms with E-state index in [2.05, 4.69) is 11.4 Å². The van der Waals surface area contributed by atoms with Crippen LogP contribution in [-0.4, -0.2) is 17.7 Å². The molecule has 22 heavy (non-hydrogen) atoms. The van der Waals surface area contributed by atoms with E-state index in [1.54, 1.807) is 0 Å². The number of hydrogen-bond donors (Lipinski definition) is 1. The number of carbonyl (C=O) groups is 1. The van der Waals surface area contributed by atoms with Crippen LogP contribution in [0.15, 0.2) is 30.3 Å². The van der Waals surface area contributed by atoms with Gasteiger partial charge in [0.15, 0.2) is 0 Å². The fourth-order valence-corrected chi connectivity index (χ4v) is 2.95. The van der Waals surface area contributed by atoms with Crippen molar-refractivity contribution in [2.75, 3.05) is 0 Å². The summed E-state index contributed by atoms with van der Waals surface area (Å²) in [5.74, 6) is 0. The number of alkyl carbamates (subject to hydrolysis) is 1. The molecule has 1 aromatic carbocycles. The maximum Gasteiger partial charge on any atom is 0.407 e. The Hall–Kier alpha value is -2.02. The standard InChI is InChI=1S/C18H24N2O2/c1-17(2,3)22-16(21)20-15-9-11-18(13-19,12-10-15)14-7-5-4-6-8-14/h4-8,15H,9-12H2,1-3H3,(H,20,21). The van der Waals surface area contributed by atoms with Crippen LogP contribution in [0.25, 0.3) is 0 Å². The summed E-state index contributed by atoms with van der Waals surface area (Å²) < 4.78 is 5.29. The van der Waals surface area contributed by atoms with Gasteiger partial charge >= 0.3 is 6.09 Å². The van der Waals surface area contributed by atoms with Crippen molar-refractivity contribution in [2.24, 2.45) is 0 Å². The zero-order chi connectivity index (χ0) is 16.2. The smallest absolute Gasteiger partial charge is 0.407 e. The molecule has 0 bridgehead atoms. The summed E-state index contributed by atoms with van der Waals surface area (Å²) in [4.78, 5) is 11.8. The first kappa shape index (κ1) is 16.4. The Morgan fingerprint density at radius 1 is 1.27 bits per heavy atom. The Kier molecular flexibility index (Phi) is 4.75. The summed E-state index contributed by atoms with van der Waals surface area (Å²) in [6.45, 7) is 5.55. The van der Waals surface area contributed by atoms with E-state index in [0.29, 0.717) is 0 Å². The maximum atomic E-state index is 11.8. The van der Waals surface area contributed by atoms with E-state index in [0.717, 1.165) is 31.2 Å². The highest BCUT2D eigenvalue weighted by Crippen LogP contribution is 2.38. The fraction of sp³-hybridized carbons (Fsp3) is 0.556. The average Bonchev–Trinajstić information content (AvgIpc) is 2.47. The van der Waals surface area contributed by atoms with Gasteiger partial charge in [0, 0.05) is 6.04 Å². The van der Waals surface area contributed by atoms with E-state index in [9.17, 15) is 10.1 Å². The highest BCUT2D eigenvalue weighted by Gasteiger charge is 2.37. The molecule has 0 saturated heterocycles. The average molecular weight is 300 g/mol. The first-order chi connectivity index (χ1) is 10.3. The van der Waals surface area contributed by atoms with Crippen molar-refractivity contribution in [2.45, 2.75) is 63.5 Å². The molecular formula is C18H24N2O2. The van der Waals surface area contributed by atoms with Gasteiger partial charge in [0.1, 0.15) is 5.60 Å². The second-order valence-electron chi connectivity index (χ2n) is 6.98. The molecule has 0 heterocycles. The third-order valence-corrected chi connectivity index (χ3v) is 4.10. The molecule has 1 amide bonds. The largest absolute Gasteiger partial charge is 0.444 e. The number of rotatable bonds is 2. The zero-order valence-electron chi connectivity index (χ0n) is 13.6. The summed E-state index contributed by atoms with van der Waals surface area (Å²) >= 11 is 0. The van der Waals surface area contributed by atoms with Gasteiger partial charge in [0.2, 0.25) is 0 Å². The molecule has 4 nitrogen and oxygen atoms in total. The zero-order valence-corrected chi connectivity index (χ0v) is 13.6. The molecular weight excluding hydrogens is 276 g/mol. The van der Waals surface area contributed by atoms with Crippen LogP contribution < -0.4 is 5.32 Å². The highest BCUT2D eigenvalue weighted by atomic mass is 16.6. The third kappa shape index (κ3) is 4.00. The highest BCUT2D eigenvalue weighted by molar-refractivity contribution is 5.68. The van der Waals surface area contributed by atoms with E-state index in [1.165, 1.54) is 0 Å². The Bertz CT molecular complexity index is 547. The van der Waals surface area contributed by atoms with Gasteiger partial charge in [0.25, 0.3) is 0 Å². The monoisotopic (exact) mass is 300 g/mol. The van der Waals surface area contributed by atoms with Crippen molar-refractivity contribution in [1.29, 1.82) is 5.26 Å². The Labute approximate surface area is 132 Å². The van der Waals surface area contributed by atoms with Gasteiger partial charge in [-0.25, -0.2) is 4.79 Å². The second-order valence-corrected chi connectivity index (χ2v) is 6.98. The number of nitrogens with zero attached hydrogens (tertiary/aromatic N) is 1. The van der Waals surface area contributed by atoms with Gasteiger partial charge in [-0.3, -0.25) is 0 Å². The van der Waals surface area contributed by atoms with Crippen LogP contribution >= 0.6 is 0 Å². The molecule has 1 aliphatic carbocycles. The van der Waals surface area contributed by atoms with Gasteiger partial charge in [-0.2, -0.15) is 5.26 Å². The molecule has 0 atom stereocenters. The lowest BCUT2D eigenvalue weighted by atomic mass is 9.69. The van der Waals surface area contributed by atoms with Crippen LogP contribution in [0.1, 0.15) is 52.0 Å². The minimum atomic E-state index is -0.487. The summed E-state index contributed by atoms with van der Waals surface area (Å²) in [7, 11) is 0. The predicted octanol–water partition coefficient (Wildman–Crippen LogP) is 3.92. The van der Waals surface area contributed by atoms with Crippen LogP contribution in [0, 0.1) is 11.3 Å². The number of carbonyl (C=O) groups excluding carboxylic acids is 1. The lowest BCUT2D eigenvalue weighted by molar-refractivity contribution is 0.0487. The van der Waals surface area contributed by atoms with E-state index >= 15 is 0 Å². The van der Waals surface area contributed by atoms with Crippen molar-refractivity contribution >= 4 is 6.09 Å². The molecule has 118 valence electrons. The van der Waals surface area contributed by atoms with Crippen LogP contribution in [-0.2, 0) is 10.2 Å². The Morgan fingerprint density at radius 3 is 2.36 bits per heavy atom. The molecule has 0 unspecified atom stereocenters. The van der Waals surface area contributed by atoms with Crippen molar-refractivity contribution in [3.05, 3.63) is 35.9 Å². The normalized spacial score (nSPS) is 25.1. The minimum Gasteiger partial charge on any atom is -0.444 e. The predicted molar refractivity (Wildman–Crippen MR) is 85.4 cm³/mol. The molecule has 2 rings (SSSR count). The molecule has 0 aliphatic heterocycles. The summed E-state index contributed by atoms with van der Waals surface area (Å²) in [5.41, 5.74) is 0.167. The quantitative estimate of drug-likeness (QED) is 0.900. The van der Waals surface area contributed by atoms with Crippen molar-refractivity contribution in [1.82, 2.24) is 5.32 Å². The summed E-state index contributed by atoms with van der Waals surface area (Å²) in [6.07, 6.45) is 2.73.